The summed E-state index contributed by atoms with van der Waals surface area (Å²) in [5, 5.41) is 3.99. The molecular weight excluding hydrogens is 393 g/mol. The SMILES string of the molecule is C/C(=N/NC(=O)[C@@H]1CCCN(S(=O)(=O)c2ccc(C)cc2)C1)c1ccccc1F. The van der Waals surface area contributed by atoms with Crippen LogP contribution in [-0.4, -0.2) is 37.4 Å². The molecule has 1 atom stereocenters. The average molecular weight is 418 g/mol. The van der Waals surface area contributed by atoms with Gasteiger partial charge < -0.3 is 0 Å². The van der Waals surface area contributed by atoms with E-state index >= 15 is 0 Å². The van der Waals surface area contributed by atoms with Crippen molar-refractivity contribution < 1.29 is 17.6 Å². The number of carbonyl (C=O) groups excluding carboxylic acids is 1. The van der Waals surface area contributed by atoms with Crippen LogP contribution in [0.2, 0.25) is 0 Å². The number of rotatable bonds is 5. The summed E-state index contributed by atoms with van der Waals surface area (Å²) >= 11 is 0. The van der Waals surface area contributed by atoms with Gasteiger partial charge in [-0.25, -0.2) is 18.2 Å². The molecule has 8 heteroatoms. The maximum Gasteiger partial charge on any atom is 0.244 e. The third-order valence-electron chi connectivity index (χ3n) is 5.01. The second-order valence-electron chi connectivity index (χ2n) is 7.17. The molecule has 1 N–H and O–H groups in total. The lowest BCUT2D eigenvalue weighted by molar-refractivity contribution is -0.126. The van der Waals surface area contributed by atoms with Crippen LogP contribution in [0.15, 0.2) is 58.5 Å². The smallest absolute Gasteiger partial charge is 0.244 e. The van der Waals surface area contributed by atoms with Crippen LogP contribution < -0.4 is 5.43 Å². The van der Waals surface area contributed by atoms with Crippen LogP contribution in [0.1, 0.15) is 30.9 Å². The van der Waals surface area contributed by atoms with E-state index < -0.39 is 21.8 Å². The molecule has 1 saturated heterocycles. The van der Waals surface area contributed by atoms with Crippen LogP contribution in [-0.2, 0) is 14.8 Å². The zero-order valence-corrected chi connectivity index (χ0v) is 17.2. The van der Waals surface area contributed by atoms with Gasteiger partial charge in [-0.2, -0.15) is 9.41 Å². The second kappa shape index (κ2) is 8.84. The lowest BCUT2D eigenvalue weighted by Gasteiger charge is -2.30. The molecule has 6 nitrogen and oxygen atoms in total. The van der Waals surface area contributed by atoms with Gasteiger partial charge in [-0.1, -0.05) is 35.9 Å². The van der Waals surface area contributed by atoms with E-state index in [9.17, 15) is 17.6 Å². The highest BCUT2D eigenvalue weighted by Gasteiger charge is 2.33. The number of nitrogens with zero attached hydrogens (tertiary/aromatic N) is 2. The molecule has 2 aromatic rings. The van der Waals surface area contributed by atoms with E-state index in [-0.39, 0.29) is 17.3 Å². The van der Waals surface area contributed by atoms with Crippen molar-refractivity contribution in [3.8, 4) is 0 Å². The summed E-state index contributed by atoms with van der Waals surface area (Å²) in [5.41, 5.74) is 4.08. The fourth-order valence-corrected chi connectivity index (χ4v) is 4.80. The van der Waals surface area contributed by atoms with Gasteiger partial charge in [0.05, 0.1) is 16.5 Å². The number of piperidine rings is 1. The first-order valence-corrected chi connectivity index (χ1v) is 10.9. The Kier molecular flexibility index (Phi) is 6.44. The van der Waals surface area contributed by atoms with Gasteiger partial charge in [-0.05, 0) is 44.9 Å². The van der Waals surface area contributed by atoms with E-state index in [1.165, 1.54) is 10.4 Å². The third kappa shape index (κ3) is 4.89. The van der Waals surface area contributed by atoms with Crippen LogP contribution in [0.25, 0.3) is 0 Å². The normalized spacial score (nSPS) is 18.4. The standard InChI is InChI=1S/C21H24FN3O3S/c1-15-9-11-18(12-10-15)29(27,28)25-13-5-6-17(14-25)21(26)24-23-16(2)19-7-3-4-8-20(19)22/h3-4,7-12,17H,5-6,13-14H2,1-2H3,(H,24,26)/b23-16-/t17-/m1/s1. The van der Waals surface area contributed by atoms with E-state index in [1.807, 2.05) is 6.92 Å². The summed E-state index contributed by atoms with van der Waals surface area (Å²) < 4.78 is 40.9. The summed E-state index contributed by atoms with van der Waals surface area (Å²) in [4.78, 5) is 12.8. The van der Waals surface area contributed by atoms with Gasteiger partial charge in [0.2, 0.25) is 15.9 Å². The van der Waals surface area contributed by atoms with Gasteiger partial charge in [-0.15, -0.1) is 0 Å². The van der Waals surface area contributed by atoms with Crippen LogP contribution in [0.5, 0.6) is 0 Å². The van der Waals surface area contributed by atoms with Crippen molar-refractivity contribution in [2.75, 3.05) is 13.1 Å². The first kappa shape index (κ1) is 21.1. The molecule has 0 unspecified atom stereocenters. The molecular formula is C21H24FN3O3S. The molecule has 0 spiro atoms. The van der Waals surface area contributed by atoms with Gasteiger partial charge in [0.15, 0.2) is 0 Å². The fourth-order valence-electron chi connectivity index (χ4n) is 3.28. The fraction of sp³-hybridized carbons (Fsp3) is 0.333. The summed E-state index contributed by atoms with van der Waals surface area (Å²) in [6, 6.07) is 12.8. The minimum atomic E-state index is -3.66. The van der Waals surface area contributed by atoms with Gasteiger partial charge in [0.1, 0.15) is 5.82 Å². The summed E-state index contributed by atoms with van der Waals surface area (Å²) in [5.74, 6) is -1.30. The number of aryl methyl sites for hydroxylation is 1. The number of carbonyl (C=O) groups is 1. The number of hydrazone groups is 1. The lowest BCUT2D eigenvalue weighted by Crippen LogP contribution is -2.44. The molecule has 0 radical (unpaired) electrons. The molecule has 3 rings (SSSR count). The number of halogens is 1. The Balaban J connectivity index is 1.68. The minimum Gasteiger partial charge on any atom is -0.273 e. The van der Waals surface area contributed by atoms with Crippen LogP contribution >= 0.6 is 0 Å². The molecule has 1 aliphatic heterocycles. The van der Waals surface area contributed by atoms with Crippen molar-refractivity contribution in [3.63, 3.8) is 0 Å². The average Bonchev–Trinajstić information content (AvgIpc) is 2.72. The lowest BCUT2D eigenvalue weighted by atomic mass is 9.99. The Morgan fingerprint density at radius 2 is 1.86 bits per heavy atom. The topological polar surface area (TPSA) is 78.8 Å². The van der Waals surface area contributed by atoms with E-state index in [1.54, 1.807) is 49.4 Å². The maximum atomic E-state index is 13.8. The Morgan fingerprint density at radius 1 is 1.17 bits per heavy atom. The third-order valence-corrected chi connectivity index (χ3v) is 6.89. The Labute approximate surface area is 170 Å². The number of hydrogen-bond donors (Lipinski definition) is 1. The van der Waals surface area contributed by atoms with Crippen molar-refractivity contribution in [3.05, 3.63) is 65.5 Å². The van der Waals surface area contributed by atoms with Gasteiger partial charge in [-0.3, -0.25) is 4.79 Å². The van der Waals surface area contributed by atoms with Crippen molar-refractivity contribution in [1.29, 1.82) is 0 Å². The molecule has 1 heterocycles. The van der Waals surface area contributed by atoms with Crippen molar-refractivity contribution >= 4 is 21.6 Å². The van der Waals surface area contributed by atoms with Crippen LogP contribution in [0, 0.1) is 18.7 Å². The number of benzene rings is 2. The number of hydrogen-bond acceptors (Lipinski definition) is 4. The van der Waals surface area contributed by atoms with Crippen molar-refractivity contribution in [2.45, 2.75) is 31.6 Å². The van der Waals surface area contributed by atoms with E-state index in [0.717, 1.165) is 5.56 Å². The molecule has 2 aromatic carbocycles. The van der Waals surface area contributed by atoms with E-state index in [0.29, 0.717) is 30.7 Å². The second-order valence-corrected chi connectivity index (χ2v) is 9.11. The molecule has 0 aromatic heterocycles. The predicted molar refractivity (Wildman–Crippen MR) is 109 cm³/mol. The van der Waals surface area contributed by atoms with E-state index in [2.05, 4.69) is 10.5 Å². The van der Waals surface area contributed by atoms with E-state index in [4.69, 9.17) is 0 Å². The molecule has 0 saturated carbocycles. The van der Waals surface area contributed by atoms with Gasteiger partial charge in [0, 0.05) is 18.7 Å². The zero-order valence-electron chi connectivity index (χ0n) is 16.4. The molecule has 154 valence electrons. The molecule has 1 amide bonds. The highest BCUT2D eigenvalue weighted by atomic mass is 32.2. The molecule has 29 heavy (non-hydrogen) atoms. The summed E-state index contributed by atoms with van der Waals surface area (Å²) in [6.07, 6.45) is 1.15. The first-order valence-electron chi connectivity index (χ1n) is 9.45. The predicted octanol–water partition coefficient (Wildman–Crippen LogP) is 3.08. The first-order chi connectivity index (χ1) is 13.8. The Bertz CT molecular complexity index is 1020. The number of nitrogens with one attached hydrogen (secondary N) is 1. The maximum absolute atomic E-state index is 13.8. The molecule has 1 fully saturated rings. The number of amides is 1. The van der Waals surface area contributed by atoms with Crippen LogP contribution in [0.4, 0.5) is 4.39 Å². The summed E-state index contributed by atoms with van der Waals surface area (Å²) in [6.45, 7) is 3.96. The molecule has 1 aliphatic rings. The highest BCUT2D eigenvalue weighted by molar-refractivity contribution is 7.89. The highest BCUT2D eigenvalue weighted by Crippen LogP contribution is 2.24. The Morgan fingerprint density at radius 3 is 2.55 bits per heavy atom. The largest absolute Gasteiger partial charge is 0.273 e. The van der Waals surface area contributed by atoms with Gasteiger partial charge in [0.25, 0.3) is 0 Å². The van der Waals surface area contributed by atoms with Crippen molar-refractivity contribution in [2.24, 2.45) is 11.0 Å². The zero-order chi connectivity index (χ0) is 21.0. The quantitative estimate of drug-likeness (QED) is 0.600. The Hall–Kier alpha value is -2.58. The monoisotopic (exact) mass is 417 g/mol. The molecule has 0 aliphatic carbocycles. The molecule has 0 bridgehead atoms. The minimum absolute atomic E-state index is 0.0936. The summed E-state index contributed by atoms with van der Waals surface area (Å²) in [7, 11) is -3.66. The number of sulfonamides is 1. The van der Waals surface area contributed by atoms with Crippen molar-refractivity contribution in [1.82, 2.24) is 9.73 Å². The van der Waals surface area contributed by atoms with Gasteiger partial charge >= 0.3 is 0 Å². The van der Waals surface area contributed by atoms with Crippen LogP contribution in [0.3, 0.4) is 0 Å².